The highest BCUT2D eigenvalue weighted by Gasteiger charge is 2.18. The molecular weight excluding hydrogens is 332 g/mol. The van der Waals surface area contributed by atoms with Gasteiger partial charge in [-0.25, -0.2) is 4.98 Å². The summed E-state index contributed by atoms with van der Waals surface area (Å²) in [4.78, 5) is 16.6. The maximum Gasteiger partial charge on any atom is 0.261 e. The zero-order valence-corrected chi connectivity index (χ0v) is 13.9. The molecule has 1 aromatic heterocycles. The fraction of sp³-hybridized carbons (Fsp3) is 0.294. The largest absolute Gasteiger partial charge is 0.490 e. The van der Waals surface area contributed by atoms with Crippen molar-refractivity contribution in [2.45, 2.75) is 13.3 Å². The minimum absolute atomic E-state index is 0.281. The van der Waals surface area contributed by atoms with E-state index in [2.05, 4.69) is 10.3 Å². The molecule has 1 N–H and O–H groups in total. The lowest BCUT2D eigenvalue weighted by atomic mass is 10.2. The van der Waals surface area contributed by atoms with E-state index in [4.69, 9.17) is 25.8 Å². The SMILES string of the molecule is CCOc1ncccc1C(=O)Nc1cc2c(cc1Cl)OCCCO2. The minimum Gasteiger partial charge on any atom is -0.490 e. The van der Waals surface area contributed by atoms with E-state index in [0.29, 0.717) is 47.6 Å². The topological polar surface area (TPSA) is 69.7 Å². The van der Waals surface area contributed by atoms with Gasteiger partial charge in [0, 0.05) is 24.8 Å². The summed E-state index contributed by atoms with van der Waals surface area (Å²) < 4.78 is 16.6. The van der Waals surface area contributed by atoms with E-state index in [1.54, 1.807) is 30.5 Å². The average Bonchev–Trinajstić information content (AvgIpc) is 2.81. The molecule has 24 heavy (non-hydrogen) atoms. The highest BCUT2D eigenvalue weighted by atomic mass is 35.5. The number of nitrogens with zero attached hydrogens (tertiary/aromatic N) is 1. The first-order valence-electron chi connectivity index (χ1n) is 7.67. The molecule has 0 saturated carbocycles. The Balaban J connectivity index is 1.86. The summed E-state index contributed by atoms with van der Waals surface area (Å²) in [5.41, 5.74) is 0.778. The molecule has 2 heterocycles. The number of ether oxygens (including phenoxy) is 3. The summed E-state index contributed by atoms with van der Waals surface area (Å²) in [6, 6.07) is 6.62. The Kier molecular flexibility index (Phi) is 5.05. The lowest BCUT2D eigenvalue weighted by Crippen LogP contribution is -2.14. The molecular formula is C17H17ClN2O4. The van der Waals surface area contributed by atoms with Gasteiger partial charge in [-0.3, -0.25) is 4.79 Å². The maximum absolute atomic E-state index is 12.5. The predicted molar refractivity (Wildman–Crippen MR) is 90.4 cm³/mol. The fourth-order valence-electron chi connectivity index (χ4n) is 2.28. The second-order valence-electron chi connectivity index (χ2n) is 5.07. The number of hydrogen-bond donors (Lipinski definition) is 1. The monoisotopic (exact) mass is 348 g/mol. The summed E-state index contributed by atoms with van der Waals surface area (Å²) in [5, 5.41) is 3.14. The normalized spacial score (nSPS) is 13.1. The molecule has 2 aromatic rings. The van der Waals surface area contributed by atoms with Crippen LogP contribution in [0.4, 0.5) is 5.69 Å². The molecule has 0 aliphatic carbocycles. The van der Waals surface area contributed by atoms with Crippen LogP contribution in [-0.2, 0) is 0 Å². The molecule has 0 spiro atoms. The molecule has 6 nitrogen and oxygen atoms in total. The van der Waals surface area contributed by atoms with E-state index in [-0.39, 0.29) is 11.8 Å². The number of benzene rings is 1. The van der Waals surface area contributed by atoms with Crippen LogP contribution < -0.4 is 19.5 Å². The van der Waals surface area contributed by atoms with Crippen LogP contribution in [0.2, 0.25) is 5.02 Å². The Morgan fingerprint density at radius 1 is 1.33 bits per heavy atom. The van der Waals surface area contributed by atoms with Gasteiger partial charge in [-0.1, -0.05) is 11.6 Å². The summed E-state index contributed by atoms with van der Waals surface area (Å²) in [5.74, 6) is 1.06. The van der Waals surface area contributed by atoms with Crippen LogP contribution >= 0.6 is 11.6 Å². The van der Waals surface area contributed by atoms with Crippen LogP contribution in [0.25, 0.3) is 0 Å². The molecule has 0 fully saturated rings. The van der Waals surface area contributed by atoms with E-state index >= 15 is 0 Å². The Morgan fingerprint density at radius 2 is 2.08 bits per heavy atom. The molecule has 1 aliphatic heterocycles. The third-order valence-electron chi connectivity index (χ3n) is 3.38. The van der Waals surface area contributed by atoms with Gasteiger partial charge in [0.05, 0.1) is 30.5 Å². The van der Waals surface area contributed by atoms with Crippen LogP contribution in [0, 0.1) is 0 Å². The second-order valence-corrected chi connectivity index (χ2v) is 5.48. The first-order valence-corrected chi connectivity index (χ1v) is 8.05. The van der Waals surface area contributed by atoms with Crippen molar-refractivity contribution in [2.75, 3.05) is 25.1 Å². The number of fused-ring (bicyclic) bond motifs is 1. The smallest absolute Gasteiger partial charge is 0.261 e. The highest BCUT2D eigenvalue weighted by molar-refractivity contribution is 6.34. The van der Waals surface area contributed by atoms with Crippen LogP contribution in [0.15, 0.2) is 30.5 Å². The molecule has 7 heteroatoms. The third kappa shape index (κ3) is 3.54. The van der Waals surface area contributed by atoms with Gasteiger partial charge in [-0.15, -0.1) is 0 Å². The Morgan fingerprint density at radius 3 is 2.83 bits per heavy atom. The second kappa shape index (κ2) is 7.40. The average molecular weight is 349 g/mol. The van der Waals surface area contributed by atoms with Crippen molar-refractivity contribution in [3.63, 3.8) is 0 Å². The van der Waals surface area contributed by atoms with Gasteiger partial charge in [-0.05, 0) is 19.1 Å². The standard InChI is InChI=1S/C17H17ClN2O4/c1-2-22-17-11(5-3-6-19-17)16(21)20-13-10-15-14(9-12(13)18)23-7-4-8-24-15/h3,5-6,9-10H,2,4,7-8H2,1H3,(H,20,21). The Labute approximate surface area is 144 Å². The third-order valence-corrected chi connectivity index (χ3v) is 3.69. The number of rotatable bonds is 4. The van der Waals surface area contributed by atoms with Crippen LogP contribution in [0.1, 0.15) is 23.7 Å². The van der Waals surface area contributed by atoms with Crippen LogP contribution in [-0.4, -0.2) is 30.7 Å². The van der Waals surface area contributed by atoms with Gasteiger partial charge >= 0.3 is 0 Å². The lowest BCUT2D eigenvalue weighted by molar-refractivity contribution is 0.102. The van der Waals surface area contributed by atoms with E-state index in [9.17, 15) is 4.79 Å². The number of aromatic nitrogens is 1. The van der Waals surface area contributed by atoms with Gasteiger partial charge in [0.1, 0.15) is 5.56 Å². The summed E-state index contributed by atoms with van der Waals surface area (Å²) in [6.07, 6.45) is 2.36. The van der Waals surface area contributed by atoms with Crippen molar-refractivity contribution < 1.29 is 19.0 Å². The molecule has 1 amide bonds. The molecule has 0 saturated heterocycles. The van der Waals surface area contributed by atoms with Gasteiger partial charge in [0.2, 0.25) is 5.88 Å². The molecule has 0 bridgehead atoms. The van der Waals surface area contributed by atoms with Gasteiger partial charge in [-0.2, -0.15) is 0 Å². The lowest BCUT2D eigenvalue weighted by Gasteiger charge is -2.13. The minimum atomic E-state index is -0.358. The molecule has 0 radical (unpaired) electrons. The van der Waals surface area contributed by atoms with E-state index < -0.39 is 0 Å². The number of carbonyl (C=O) groups is 1. The molecule has 3 rings (SSSR count). The van der Waals surface area contributed by atoms with E-state index in [0.717, 1.165) is 6.42 Å². The number of pyridine rings is 1. The van der Waals surface area contributed by atoms with Crippen molar-refractivity contribution in [1.29, 1.82) is 0 Å². The fourth-order valence-corrected chi connectivity index (χ4v) is 2.49. The molecule has 1 aromatic carbocycles. The van der Waals surface area contributed by atoms with Crippen molar-refractivity contribution in [1.82, 2.24) is 4.98 Å². The maximum atomic E-state index is 12.5. The first kappa shape index (κ1) is 16.4. The number of carbonyl (C=O) groups excluding carboxylic acids is 1. The summed E-state index contributed by atoms with van der Waals surface area (Å²) >= 11 is 6.25. The number of amides is 1. The zero-order valence-electron chi connectivity index (χ0n) is 13.2. The van der Waals surface area contributed by atoms with Crippen molar-refractivity contribution >= 4 is 23.2 Å². The van der Waals surface area contributed by atoms with Gasteiger partial charge in [0.25, 0.3) is 5.91 Å². The van der Waals surface area contributed by atoms with Crippen LogP contribution in [0.5, 0.6) is 17.4 Å². The number of hydrogen-bond acceptors (Lipinski definition) is 5. The molecule has 0 unspecified atom stereocenters. The Hall–Kier alpha value is -2.47. The predicted octanol–water partition coefficient (Wildman–Crippen LogP) is 3.55. The van der Waals surface area contributed by atoms with Gasteiger partial charge in [0.15, 0.2) is 11.5 Å². The van der Waals surface area contributed by atoms with E-state index in [1.165, 1.54) is 0 Å². The quantitative estimate of drug-likeness (QED) is 0.915. The summed E-state index contributed by atoms with van der Waals surface area (Å²) in [7, 11) is 0. The zero-order chi connectivity index (χ0) is 16.9. The number of anilines is 1. The van der Waals surface area contributed by atoms with Crippen LogP contribution in [0.3, 0.4) is 0 Å². The Bertz CT molecular complexity index is 751. The molecule has 1 aliphatic rings. The van der Waals surface area contributed by atoms with Crippen molar-refractivity contribution in [3.8, 4) is 17.4 Å². The highest BCUT2D eigenvalue weighted by Crippen LogP contribution is 2.38. The number of nitrogens with one attached hydrogen (secondary N) is 1. The molecule has 0 atom stereocenters. The van der Waals surface area contributed by atoms with Gasteiger partial charge < -0.3 is 19.5 Å². The number of halogens is 1. The van der Waals surface area contributed by atoms with Crippen molar-refractivity contribution in [2.24, 2.45) is 0 Å². The molecule has 126 valence electrons. The van der Waals surface area contributed by atoms with Crippen molar-refractivity contribution in [3.05, 3.63) is 41.0 Å². The summed E-state index contributed by atoms with van der Waals surface area (Å²) in [6.45, 7) is 3.38. The first-order chi connectivity index (χ1) is 11.7. The van der Waals surface area contributed by atoms with E-state index in [1.807, 2.05) is 6.92 Å².